The average Bonchev–Trinajstić information content (AvgIpc) is 3.12. The SMILES string of the molecule is CC(C)C(=O)N1C[C@H](c2cccc(C(F)(F)F)c2)[C@H](C(=O)N2CCN(C)CC2)C1. The van der Waals surface area contributed by atoms with Crippen LogP contribution in [0, 0.1) is 11.8 Å². The van der Waals surface area contributed by atoms with Gasteiger partial charge in [-0.1, -0.05) is 32.0 Å². The summed E-state index contributed by atoms with van der Waals surface area (Å²) in [5, 5.41) is 0. The monoisotopic (exact) mass is 411 g/mol. The second kappa shape index (κ2) is 8.34. The molecule has 2 aliphatic heterocycles. The molecule has 160 valence electrons. The molecule has 8 heteroatoms. The molecule has 5 nitrogen and oxygen atoms in total. The van der Waals surface area contributed by atoms with Gasteiger partial charge in [0.05, 0.1) is 11.5 Å². The Morgan fingerprint density at radius 2 is 1.69 bits per heavy atom. The Bertz CT molecular complexity index is 758. The van der Waals surface area contributed by atoms with Crippen molar-refractivity contribution >= 4 is 11.8 Å². The van der Waals surface area contributed by atoms with Crippen LogP contribution in [0.4, 0.5) is 13.2 Å². The van der Waals surface area contributed by atoms with Crippen molar-refractivity contribution in [1.82, 2.24) is 14.7 Å². The first-order valence-electron chi connectivity index (χ1n) is 10.0. The van der Waals surface area contributed by atoms with Crippen LogP contribution in [0.1, 0.15) is 30.9 Å². The zero-order valence-electron chi connectivity index (χ0n) is 17.1. The minimum atomic E-state index is -4.45. The van der Waals surface area contributed by atoms with Gasteiger partial charge in [0, 0.05) is 51.1 Å². The zero-order chi connectivity index (χ0) is 21.3. The highest BCUT2D eigenvalue weighted by molar-refractivity contribution is 5.84. The molecule has 1 aromatic carbocycles. The highest BCUT2D eigenvalue weighted by atomic mass is 19.4. The highest BCUT2D eigenvalue weighted by Gasteiger charge is 2.43. The summed E-state index contributed by atoms with van der Waals surface area (Å²) >= 11 is 0. The zero-order valence-corrected chi connectivity index (χ0v) is 17.1. The van der Waals surface area contributed by atoms with E-state index in [1.807, 2.05) is 7.05 Å². The molecule has 1 aromatic rings. The smallest absolute Gasteiger partial charge is 0.341 e. The number of halogens is 3. The van der Waals surface area contributed by atoms with Gasteiger partial charge in [0.25, 0.3) is 0 Å². The minimum absolute atomic E-state index is 0.0698. The molecule has 0 spiro atoms. The van der Waals surface area contributed by atoms with E-state index >= 15 is 0 Å². The molecule has 0 radical (unpaired) electrons. The van der Waals surface area contributed by atoms with Crippen LogP contribution in [0.3, 0.4) is 0 Å². The van der Waals surface area contributed by atoms with E-state index in [-0.39, 0.29) is 30.8 Å². The molecule has 3 rings (SSSR count). The number of carbonyl (C=O) groups is 2. The van der Waals surface area contributed by atoms with Gasteiger partial charge in [0.1, 0.15) is 0 Å². The van der Waals surface area contributed by atoms with Gasteiger partial charge < -0.3 is 14.7 Å². The third-order valence-corrected chi connectivity index (χ3v) is 5.90. The molecule has 2 atom stereocenters. The number of hydrogen-bond acceptors (Lipinski definition) is 3. The van der Waals surface area contributed by atoms with E-state index in [0.29, 0.717) is 18.7 Å². The van der Waals surface area contributed by atoms with E-state index in [4.69, 9.17) is 0 Å². The fraction of sp³-hybridized carbons (Fsp3) is 0.619. The summed E-state index contributed by atoms with van der Waals surface area (Å²) in [6.07, 6.45) is -4.45. The number of benzene rings is 1. The molecule has 0 N–H and O–H groups in total. The Morgan fingerprint density at radius 1 is 1.03 bits per heavy atom. The molecule has 29 heavy (non-hydrogen) atoms. The van der Waals surface area contributed by atoms with Crippen molar-refractivity contribution in [3.63, 3.8) is 0 Å². The Hall–Kier alpha value is -2.09. The topological polar surface area (TPSA) is 43.9 Å². The summed E-state index contributed by atoms with van der Waals surface area (Å²) in [4.78, 5) is 31.4. The van der Waals surface area contributed by atoms with E-state index in [9.17, 15) is 22.8 Å². The van der Waals surface area contributed by atoms with Crippen LogP contribution < -0.4 is 0 Å². The molecule has 2 amide bonds. The molecular formula is C21H28F3N3O2. The maximum atomic E-state index is 13.3. The molecule has 0 aliphatic carbocycles. The number of likely N-dealkylation sites (N-methyl/N-ethyl adjacent to an activating group) is 1. The van der Waals surface area contributed by atoms with Gasteiger partial charge >= 0.3 is 6.18 Å². The van der Waals surface area contributed by atoms with E-state index in [1.54, 1.807) is 29.7 Å². The summed E-state index contributed by atoms with van der Waals surface area (Å²) in [6, 6.07) is 5.17. The molecule has 2 heterocycles. The van der Waals surface area contributed by atoms with Gasteiger partial charge in [-0.2, -0.15) is 13.2 Å². The third-order valence-electron chi connectivity index (χ3n) is 5.90. The van der Waals surface area contributed by atoms with Gasteiger partial charge in [-0.05, 0) is 18.7 Å². The van der Waals surface area contributed by atoms with Crippen LogP contribution in [0.5, 0.6) is 0 Å². The van der Waals surface area contributed by atoms with Crippen molar-refractivity contribution in [2.75, 3.05) is 46.3 Å². The number of likely N-dealkylation sites (tertiary alicyclic amines) is 1. The summed E-state index contributed by atoms with van der Waals surface area (Å²) in [5.41, 5.74) is -0.263. The Kier molecular flexibility index (Phi) is 6.22. The largest absolute Gasteiger partial charge is 0.416 e. The van der Waals surface area contributed by atoms with Crippen molar-refractivity contribution < 1.29 is 22.8 Å². The van der Waals surface area contributed by atoms with E-state index < -0.39 is 23.6 Å². The summed E-state index contributed by atoms with van der Waals surface area (Å²) in [6.45, 7) is 6.82. The number of carbonyl (C=O) groups excluding carboxylic acids is 2. The van der Waals surface area contributed by atoms with Crippen LogP contribution in [-0.2, 0) is 15.8 Å². The van der Waals surface area contributed by atoms with Crippen LogP contribution >= 0.6 is 0 Å². The fourth-order valence-electron chi connectivity index (χ4n) is 4.14. The maximum Gasteiger partial charge on any atom is 0.416 e. The number of hydrogen-bond donors (Lipinski definition) is 0. The quantitative estimate of drug-likeness (QED) is 0.768. The molecule has 0 aromatic heterocycles. The number of nitrogens with zero attached hydrogens (tertiary/aromatic N) is 3. The Morgan fingerprint density at radius 3 is 2.28 bits per heavy atom. The van der Waals surface area contributed by atoms with Crippen molar-refractivity contribution in [1.29, 1.82) is 0 Å². The van der Waals surface area contributed by atoms with Crippen LogP contribution in [0.2, 0.25) is 0 Å². The van der Waals surface area contributed by atoms with Gasteiger partial charge in [-0.15, -0.1) is 0 Å². The highest BCUT2D eigenvalue weighted by Crippen LogP contribution is 2.37. The third kappa shape index (κ3) is 4.74. The fourth-order valence-corrected chi connectivity index (χ4v) is 4.14. The first-order valence-corrected chi connectivity index (χ1v) is 10.0. The van der Waals surface area contributed by atoms with Gasteiger partial charge in [-0.25, -0.2) is 0 Å². The summed E-state index contributed by atoms with van der Waals surface area (Å²) in [5.74, 6) is -1.33. The molecule has 2 fully saturated rings. The first-order chi connectivity index (χ1) is 13.6. The van der Waals surface area contributed by atoms with Crippen molar-refractivity contribution in [2.24, 2.45) is 11.8 Å². The molecule has 2 aliphatic rings. The van der Waals surface area contributed by atoms with E-state index in [0.717, 1.165) is 25.2 Å². The lowest BCUT2D eigenvalue weighted by Crippen LogP contribution is -2.50. The van der Waals surface area contributed by atoms with Gasteiger partial charge in [0.2, 0.25) is 11.8 Å². The maximum absolute atomic E-state index is 13.3. The lowest BCUT2D eigenvalue weighted by Gasteiger charge is -2.35. The predicted molar refractivity (Wildman–Crippen MR) is 103 cm³/mol. The second-order valence-electron chi connectivity index (χ2n) is 8.36. The molecule has 0 saturated carbocycles. The van der Waals surface area contributed by atoms with Gasteiger partial charge in [0.15, 0.2) is 0 Å². The van der Waals surface area contributed by atoms with Gasteiger partial charge in [-0.3, -0.25) is 9.59 Å². The van der Waals surface area contributed by atoms with Crippen LogP contribution in [-0.4, -0.2) is 72.8 Å². The molecule has 0 bridgehead atoms. The normalized spacial score (nSPS) is 23.7. The summed E-state index contributed by atoms with van der Waals surface area (Å²) in [7, 11) is 1.99. The number of rotatable bonds is 3. The number of alkyl halides is 3. The predicted octanol–water partition coefficient (Wildman–Crippen LogP) is 2.68. The number of piperazine rings is 1. The average molecular weight is 411 g/mol. The Balaban J connectivity index is 1.89. The molecular weight excluding hydrogens is 383 g/mol. The van der Waals surface area contributed by atoms with Crippen LogP contribution in [0.15, 0.2) is 24.3 Å². The Labute approximate surface area is 169 Å². The lowest BCUT2D eigenvalue weighted by atomic mass is 9.87. The van der Waals surface area contributed by atoms with Crippen LogP contribution in [0.25, 0.3) is 0 Å². The first kappa shape index (κ1) is 21.6. The summed E-state index contributed by atoms with van der Waals surface area (Å²) < 4.78 is 39.6. The molecule has 0 unspecified atom stereocenters. The van der Waals surface area contributed by atoms with Crippen molar-refractivity contribution in [2.45, 2.75) is 25.9 Å². The van der Waals surface area contributed by atoms with E-state index in [1.165, 1.54) is 6.07 Å². The van der Waals surface area contributed by atoms with Crippen molar-refractivity contribution in [3.05, 3.63) is 35.4 Å². The second-order valence-corrected chi connectivity index (χ2v) is 8.36. The molecule has 2 saturated heterocycles. The minimum Gasteiger partial charge on any atom is -0.341 e. The number of amides is 2. The van der Waals surface area contributed by atoms with Crippen molar-refractivity contribution in [3.8, 4) is 0 Å². The standard InChI is InChI=1S/C21H28F3N3O2/c1-14(2)19(28)27-12-17(15-5-4-6-16(11-15)21(22,23)24)18(13-27)20(29)26-9-7-25(3)8-10-26/h4-6,11,14,17-18H,7-10,12-13H2,1-3H3/t17-,18-/m1/s1. The lowest BCUT2D eigenvalue weighted by molar-refractivity contribution is -0.138. The van der Waals surface area contributed by atoms with E-state index in [2.05, 4.69) is 4.90 Å².